The van der Waals surface area contributed by atoms with Crippen molar-refractivity contribution in [2.24, 2.45) is 5.92 Å². The molecule has 1 unspecified atom stereocenters. The van der Waals surface area contributed by atoms with E-state index in [0.29, 0.717) is 40.7 Å². The zero-order chi connectivity index (χ0) is 27.4. The predicted octanol–water partition coefficient (Wildman–Crippen LogP) is 5.83. The first-order chi connectivity index (χ1) is 18.2. The van der Waals surface area contributed by atoms with E-state index in [1.54, 1.807) is 55.5 Å². The molecule has 1 atom stereocenters. The number of hydrogen-bond donors (Lipinski definition) is 1. The minimum atomic E-state index is -0.861. The summed E-state index contributed by atoms with van der Waals surface area (Å²) in [4.78, 5) is 40.2. The Morgan fingerprint density at radius 1 is 0.974 bits per heavy atom. The number of aliphatic hydroxyl groups is 1. The van der Waals surface area contributed by atoms with Crippen LogP contribution in [0.1, 0.15) is 53.9 Å². The van der Waals surface area contributed by atoms with Gasteiger partial charge in [0.05, 0.1) is 30.4 Å². The Hall–Kier alpha value is -4.39. The third-order valence-corrected chi connectivity index (χ3v) is 6.17. The molecule has 1 amide bonds. The number of esters is 1. The summed E-state index contributed by atoms with van der Waals surface area (Å²) in [7, 11) is 0. The second-order valence-corrected chi connectivity index (χ2v) is 9.58. The fourth-order valence-electron chi connectivity index (χ4n) is 4.35. The van der Waals surface area contributed by atoms with Gasteiger partial charge in [-0.15, -0.1) is 0 Å². The molecule has 38 heavy (non-hydrogen) atoms. The van der Waals surface area contributed by atoms with E-state index < -0.39 is 23.7 Å². The largest absolute Gasteiger partial charge is 0.507 e. The lowest BCUT2D eigenvalue weighted by Gasteiger charge is -2.26. The average molecular weight is 514 g/mol. The lowest BCUT2D eigenvalue weighted by Crippen LogP contribution is -2.29. The lowest BCUT2D eigenvalue weighted by molar-refractivity contribution is -0.132. The average Bonchev–Trinajstić information content (AvgIpc) is 3.17. The van der Waals surface area contributed by atoms with Gasteiger partial charge < -0.3 is 14.6 Å². The van der Waals surface area contributed by atoms with Crippen molar-refractivity contribution in [1.82, 2.24) is 0 Å². The maximum Gasteiger partial charge on any atom is 0.338 e. The number of nitrogens with zero attached hydrogens (tertiary/aromatic N) is 1. The van der Waals surface area contributed by atoms with Gasteiger partial charge in [0.1, 0.15) is 11.5 Å². The minimum Gasteiger partial charge on any atom is -0.507 e. The molecule has 7 nitrogen and oxygen atoms in total. The molecule has 0 spiro atoms. The molecule has 1 saturated heterocycles. The summed E-state index contributed by atoms with van der Waals surface area (Å²) in [6, 6.07) is 19.7. The van der Waals surface area contributed by atoms with Gasteiger partial charge in [0.25, 0.3) is 11.7 Å². The molecule has 0 aliphatic carbocycles. The van der Waals surface area contributed by atoms with Crippen LogP contribution >= 0.6 is 0 Å². The molecule has 4 rings (SSSR count). The zero-order valence-electron chi connectivity index (χ0n) is 21.9. The summed E-state index contributed by atoms with van der Waals surface area (Å²) >= 11 is 0. The molecule has 1 fully saturated rings. The number of rotatable bonds is 8. The Morgan fingerprint density at radius 3 is 2.24 bits per heavy atom. The van der Waals surface area contributed by atoms with E-state index in [1.807, 2.05) is 31.2 Å². The Balaban J connectivity index is 1.78. The number of aryl methyl sites for hydroxylation is 1. The van der Waals surface area contributed by atoms with Crippen LogP contribution in [0.3, 0.4) is 0 Å². The standard InChI is InChI=1S/C31H31NO6/c1-5-37-31(36)22-9-13-24(14-10-22)32-27(23-8-6-7-20(4)17-23)26(29(34)30(32)35)28(33)21-11-15-25(16-12-21)38-18-19(2)3/h6-17,19,27,33H,5,18H2,1-4H3/b28-26+. The number of carbonyl (C=O) groups excluding carboxylic acids is 3. The molecule has 7 heteroatoms. The molecule has 0 radical (unpaired) electrons. The van der Waals surface area contributed by atoms with Gasteiger partial charge in [0, 0.05) is 11.3 Å². The van der Waals surface area contributed by atoms with E-state index >= 15 is 0 Å². The molecule has 1 N–H and O–H groups in total. The molecule has 1 aliphatic rings. The maximum atomic E-state index is 13.4. The number of ketones is 1. The molecular formula is C31H31NO6. The van der Waals surface area contributed by atoms with Crippen LogP contribution in [0.5, 0.6) is 5.75 Å². The third-order valence-electron chi connectivity index (χ3n) is 6.17. The highest BCUT2D eigenvalue weighted by atomic mass is 16.5. The summed E-state index contributed by atoms with van der Waals surface area (Å²) in [5.74, 6) is -1.29. The van der Waals surface area contributed by atoms with E-state index in [0.717, 1.165) is 5.56 Å². The topological polar surface area (TPSA) is 93.1 Å². The van der Waals surface area contributed by atoms with Crippen molar-refractivity contribution in [3.05, 3.63) is 101 Å². The summed E-state index contributed by atoms with van der Waals surface area (Å²) in [5, 5.41) is 11.3. The number of benzene rings is 3. The molecule has 0 saturated carbocycles. The molecule has 3 aromatic rings. The first kappa shape index (κ1) is 26.7. The summed E-state index contributed by atoms with van der Waals surface area (Å²) < 4.78 is 10.8. The molecule has 1 aliphatic heterocycles. The van der Waals surface area contributed by atoms with Crippen molar-refractivity contribution in [2.45, 2.75) is 33.7 Å². The van der Waals surface area contributed by atoms with Crippen molar-refractivity contribution in [1.29, 1.82) is 0 Å². The van der Waals surface area contributed by atoms with E-state index in [-0.39, 0.29) is 17.9 Å². The number of ether oxygens (including phenoxy) is 2. The van der Waals surface area contributed by atoms with Gasteiger partial charge in [-0.05, 0) is 73.9 Å². The van der Waals surface area contributed by atoms with E-state index in [4.69, 9.17) is 9.47 Å². The molecule has 3 aromatic carbocycles. The number of anilines is 1. The van der Waals surface area contributed by atoms with Crippen molar-refractivity contribution in [2.75, 3.05) is 18.1 Å². The number of Topliss-reactive ketones (excluding diaryl/α,β-unsaturated/α-hetero) is 1. The monoisotopic (exact) mass is 513 g/mol. The molecule has 0 bridgehead atoms. The molecule has 196 valence electrons. The van der Waals surface area contributed by atoms with Crippen LogP contribution < -0.4 is 9.64 Å². The highest BCUT2D eigenvalue weighted by molar-refractivity contribution is 6.51. The van der Waals surface area contributed by atoms with Crippen molar-refractivity contribution >= 4 is 29.1 Å². The first-order valence-electron chi connectivity index (χ1n) is 12.6. The van der Waals surface area contributed by atoms with Gasteiger partial charge in [-0.2, -0.15) is 0 Å². The minimum absolute atomic E-state index is 0.00841. The van der Waals surface area contributed by atoms with Gasteiger partial charge in [0.15, 0.2) is 0 Å². The van der Waals surface area contributed by atoms with Crippen LogP contribution in [0.2, 0.25) is 0 Å². The first-order valence-corrected chi connectivity index (χ1v) is 12.6. The fourth-order valence-corrected chi connectivity index (χ4v) is 4.35. The number of carbonyl (C=O) groups is 3. The van der Waals surface area contributed by atoms with Gasteiger partial charge in [0.2, 0.25) is 0 Å². The van der Waals surface area contributed by atoms with Gasteiger partial charge in [-0.3, -0.25) is 14.5 Å². The van der Waals surface area contributed by atoms with Crippen molar-refractivity contribution in [3.63, 3.8) is 0 Å². The van der Waals surface area contributed by atoms with Crippen LogP contribution in [0.4, 0.5) is 5.69 Å². The smallest absolute Gasteiger partial charge is 0.338 e. The Bertz CT molecular complexity index is 1370. The van der Waals surface area contributed by atoms with Crippen LogP contribution in [0.25, 0.3) is 5.76 Å². The normalized spacial score (nSPS) is 16.7. The second-order valence-electron chi connectivity index (χ2n) is 9.58. The summed E-state index contributed by atoms with van der Waals surface area (Å²) in [5.41, 5.74) is 2.76. The highest BCUT2D eigenvalue weighted by Gasteiger charge is 2.47. The van der Waals surface area contributed by atoms with Crippen LogP contribution in [0, 0.1) is 12.8 Å². The predicted molar refractivity (Wildman–Crippen MR) is 145 cm³/mol. The van der Waals surface area contributed by atoms with Crippen LogP contribution in [-0.4, -0.2) is 36.0 Å². The Kier molecular flexibility index (Phi) is 7.96. The number of hydrogen-bond acceptors (Lipinski definition) is 6. The molecule has 1 heterocycles. The maximum absolute atomic E-state index is 13.4. The Morgan fingerprint density at radius 2 is 1.63 bits per heavy atom. The van der Waals surface area contributed by atoms with E-state index in [2.05, 4.69) is 13.8 Å². The molecular weight excluding hydrogens is 482 g/mol. The number of amides is 1. The van der Waals surface area contributed by atoms with E-state index in [1.165, 1.54) is 4.90 Å². The van der Waals surface area contributed by atoms with Gasteiger partial charge in [-0.25, -0.2) is 4.79 Å². The SMILES string of the molecule is CCOC(=O)c1ccc(N2C(=O)C(=O)/C(=C(/O)c3ccc(OCC(C)C)cc3)C2c2cccc(C)c2)cc1. The van der Waals surface area contributed by atoms with Gasteiger partial charge in [-0.1, -0.05) is 43.7 Å². The second kappa shape index (κ2) is 11.3. The lowest BCUT2D eigenvalue weighted by atomic mass is 9.94. The Labute approximate surface area is 222 Å². The van der Waals surface area contributed by atoms with Crippen LogP contribution in [0.15, 0.2) is 78.4 Å². The molecule has 0 aromatic heterocycles. The number of aliphatic hydroxyl groups excluding tert-OH is 1. The third kappa shape index (κ3) is 5.47. The van der Waals surface area contributed by atoms with E-state index in [9.17, 15) is 19.5 Å². The highest BCUT2D eigenvalue weighted by Crippen LogP contribution is 2.42. The fraction of sp³-hybridized carbons (Fsp3) is 0.258. The zero-order valence-corrected chi connectivity index (χ0v) is 21.9. The quantitative estimate of drug-likeness (QED) is 0.176. The van der Waals surface area contributed by atoms with Crippen molar-refractivity contribution < 1.29 is 29.0 Å². The summed E-state index contributed by atoms with van der Waals surface area (Å²) in [6.45, 7) is 8.54. The summed E-state index contributed by atoms with van der Waals surface area (Å²) in [6.07, 6.45) is 0. The van der Waals surface area contributed by atoms with Crippen molar-refractivity contribution in [3.8, 4) is 5.75 Å². The van der Waals surface area contributed by atoms with Gasteiger partial charge >= 0.3 is 5.97 Å². The van der Waals surface area contributed by atoms with Crippen LogP contribution in [-0.2, 0) is 14.3 Å².